The van der Waals surface area contributed by atoms with E-state index in [1.165, 1.54) is 16.2 Å². The van der Waals surface area contributed by atoms with Gasteiger partial charge in [0.15, 0.2) is 5.13 Å². The Kier molecular flexibility index (Phi) is 5.20. The molecule has 110 valence electrons. The number of alkyl halides is 3. The van der Waals surface area contributed by atoms with Gasteiger partial charge in [-0.1, -0.05) is 0 Å². The lowest BCUT2D eigenvalue weighted by atomic mass is 10.1. The third kappa shape index (κ3) is 6.24. The number of anilines is 1. The summed E-state index contributed by atoms with van der Waals surface area (Å²) in [5.74, 6) is 0. The molecule has 0 aliphatic rings. The topological polar surface area (TPSA) is 28.2 Å². The van der Waals surface area contributed by atoms with Crippen molar-refractivity contribution in [2.45, 2.75) is 46.0 Å². The van der Waals surface area contributed by atoms with Gasteiger partial charge in [-0.15, -0.1) is 11.3 Å². The maximum atomic E-state index is 12.4. The molecule has 0 aliphatic heterocycles. The average Bonchev–Trinajstić information content (AvgIpc) is 2.69. The third-order valence-electron chi connectivity index (χ3n) is 2.36. The molecule has 1 aromatic heterocycles. The number of nitrogens with one attached hydrogen (secondary N) is 1. The van der Waals surface area contributed by atoms with Gasteiger partial charge < -0.3 is 10.2 Å². The van der Waals surface area contributed by atoms with E-state index in [0.717, 1.165) is 5.69 Å². The molecule has 0 aliphatic carbocycles. The monoisotopic (exact) mass is 295 g/mol. The molecule has 1 rings (SSSR count). The van der Waals surface area contributed by atoms with Gasteiger partial charge in [0, 0.05) is 24.0 Å². The highest BCUT2D eigenvalue weighted by atomic mass is 32.1. The van der Waals surface area contributed by atoms with Crippen molar-refractivity contribution in [1.82, 2.24) is 10.3 Å². The summed E-state index contributed by atoms with van der Waals surface area (Å²) in [4.78, 5) is 5.49. The number of aromatic nitrogens is 1. The van der Waals surface area contributed by atoms with E-state index in [2.05, 4.69) is 10.3 Å². The van der Waals surface area contributed by atoms with Crippen LogP contribution >= 0.6 is 11.3 Å². The summed E-state index contributed by atoms with van der Waals surface area (Å²) < 4.78 is 37.2. The molecule has 3 nitrogen and oxygen atoms in total. The molecular formula is C12H20F3N3S. The Morgan fingerprint density at radius 1 is 1.32 bits per heavy atom. The first-order valence-electron chi connectivity index (χ1n) is 6.12. The molecule has 0 bridgehead atoms. The van der Waals surface area contributed by atoms with E-state index >= 15 is 0 Å². The van der Waals surface area contributed by atoms with Crippen LogP contribution in [-0.4, -0.2) is 29.8 Å². The number of hydrogen-bond acceptors (Lipinski definition) is 4. The van der Waals surface area contributed by atoms with Crippen LogP contribution in [0.4, 0.5) is 18.3 Å². The molecule has 7 heteroatoms. The van der Waals surface area contributed by atoms with Crippen LogP contribution in [0.25, 0.3) is 0 Å². The zero-order valence-electron chi connectivity index (χ0n) is 11.6. The van der Waals surface area contributed by atoms with Gasteiger partial charge in [-0.05, 0) is 27.7 Å². The highest BCUT2D eigenvalue weighted by Gasteiger charge is 2.31. The van der Waals surface area contributed by atoms with Gasteiger partial charge in [0.2, 0.25) is 0 Å². The summed E-state index contributed by atoms with van der Waals surface area (Å²) in [6.45, 7) is 7.68. The first-order valence-corrected chi connectivity index (χ1v) is 7.00. The van der Waals surface area contributed by atoms with Crippen LogP contribution in [0, 0.1) is 0 Å². The molecule has 0 spiro atoms. The Labute approximate surface area is 115 Å². The molecule has 19 heavy (non-hydrogen) atoms. The smallest absolute Gasteiger partial charge is 0.339 e. The molecule has 1 N–H and O–H groups in total. The van der Waals surface area contributed by atoms with Gasteiger partial charge in [0.1, 0.15) is 6.54 Å². The van der Waals surface area contributed by atoms with Crippen LogP contribution in [0.15, 0.2) is 5.38 Å². The van der Waals surface area contributed by atoms with E-state index in [9.17, 15) is 13.2 Å². The van der Waals surface area contributed by atoms with Crippen LogP contribution < -0.4 is 10.2 Å². The lowest BCUT2D eigenvalue weighted by molar-refractivity contribution is -0.119. The molecule has 0 unspecified atom stereocenters. The summed E-state index contributed by atoms with van der Waals surface area (Å²) in [7, 11) is 0. The van der Waals surface area contributed by atoms with Crippen molar-refractivity contribution in [1.29, 1.82) is 0 Å². The number of thiazole rings is 1. The number of hydrogen-bond donors (Lipinski definition) is 1. The quantitative estimate of drug-likeness (QED) is 0.902. The molecule has 0 atom stereocenters. The fraction of sp³-hybridized carbons (Fsp3) is 0.750. The van der Waals surface area contributed by atoms with Gasteiger partial charge in [-0.25, -0.2) is 4.98 Å². The minimum Gasteiger partial charge on any atom is -0.339 e. The molecule has 1 aromatic rings. The van der Waals surface area contributed by atoms with Gasteiger partial charge in [0.25, 0.3) is 0 Å². The number of rotatable bonds is 5. The SMILES string of the molecule is CCN(CC(F)(F)F)c1nc(CNC(C)(C)C)cs1. The Balaban J connectivity index is 2.66. The molecule has 0 radical (unpaired) electrons. The lowest BCUT2D eigenvalue weighted by Crippen LogP contribution is -2.35. The molecule has 1 heterocycles. The minimum absolute atomic E-state index is 0.0415. The molecule has 0 saturated heterocycles. The number of halogens is 3. The highest BCUT2D eigenvalue weighted by molar-refractivity contribution is 7.13. The second kappa shape index (κ2) is 6.09. The summed E-state index contributed by atoms with van der Waals surface area (Å²) >= 11 is 1.25. The first-order chi connectivity index (χ1) is 8.61. The standard InChI is InChI=1S/C12H20F3N3S/c1-5-18(8-12(13,14)15)10-17-9(7-19-10)6-16-11(2,3)4/h7,16H,5-6,8H2,1-4H3. The van der Waals surface area contributed by atoms with Crippen LogP contribution in [0.5, 0.6) is 0 Å². The number of nitrogens with zero attached hydrogens (tertiary/aromatic N) is 2. The second-order valence-corrected chi connectivity index (χ2v) is 6.19. The van der Waals surface area contributed by atoms with Crippen LogP contribution in [0.3, 0.4) is 0 Å². The van der Waals surface area contributed by atoms with E-state index in [0.29, 0.717) is 18.2 Å². The van der Waals surface area contributed by atoms with E-state index < -0.39 is 12.7 Å². The van der Waals surface area contributed by atoms with E-state index in [1.807, 2.05) is 20.8 Å². The Morgan fingerprint density at radius 2 is 1.95 bits per heavy atom. The van der Waals surface area contributed by atoms with Crippen LogP contribution in [-0.2, 0) is 6.54 Å². The average molecular weight is 295 g/mol. The second-order valence-electron chi connectivity index (χ2n) is 5.35. The van der Waals surface area contributed by atoms with E-state index in [-0.39, 0.29) is 5.54 Å². The van der Waals surface area contributed by atoms with Crippen molar-refractivity contribution < 1.29 is 13.2 Å². The zero-order chi connectivity index (χ0) is 14.7. The van der Waals surface area contributed by atoms with Crippen LogP contribution in [0.2, 0.25) is 0 Å². The van der Waals surface area contributed by atoms with E-state index in [4.69, 9.17) is 0 Å². The molecule has 0 saturated carbocycles. The lowest BCUT2D eigenvalue weighted by Gasteiger charge is -2.21. The fourth-order valence-corrected chi connectivity index (χ4v) is 2.30. The summed E-state index contributed by atoms with van der Waals surface area (Å²) in [6.07, 6.45) is -4.20. The predicted molar refractivity (Wildman–Crippen MR) is 72.6 cm³/mol. The summed E-state index contributed by atoms with van der Waals surface area (Å²) in [5.41, 5.74) is 0.732. The predicted octanol–water partition coefficient (Wildman–Crippen LogP) is 3.42. The van der Waals surface area contributed by atoms with Gasteiger partial charge in [0.05, 0.1) is 5.69 Å². The maximum absolute atomic E-state index is 12.4. The fourth-order valence-electron chi connectivity index (χ4n) is 1.41. The van der Waals surface area contributed by atoms with Gasteiger partial charge in [-0.2, -0.15) is 13.2 Å². The third-order valence-corrected chi connectivity index (χ3v) is 3.31. The maximum Gasteiger partial charge on any atom is 0.406 e. The molecular weight excluding hydrogens is 275 g/mol. The molecule has 0 aromatic carbocycles. The highest BCUT2D eigenvalue weighted by Crippen LogP contribution is 2.25. The summed E-state index contributed by atoms with van der Waals surface area (Å²) in [6, 6.07) is 0. The largest absolute Gasteiger partial charge is 0.406 e. The van der Waals surface area contributed by atoms with Crippen molar-refractivity contribution in [3.05, 3.63) is 11.1 Å². The van der Waals surface area contributed by atoms with E-state index in [1.54, 1.807) is 12.3 Å². The van der Waals surface area contributed by atoms with Crippen molar-refractivity contribution >= 4 is 16.5 Å². The Bertz CT molecular complexity index is 396. The molecule has 0 fully saturated rings. The minimum atomic E-state index is -4.20. The van der Waals surface area contributed by atoms with Crippen molar-refractivity contribution in [3.63, 3.8) is 0 Å². The Hall–Kier alpha value is -0.820. The van der Waals surface area contributed by atoms with Gasteiger partial charge in [-0.3, -0.25) is 0 Å². The normalized spacial score (nSPS) is 12.8. The zero-order valence-corrected chi connectivity index (χ0v) is 12.5. The Morgan fingerprint density at radius 3 is 2.42 bits per heavy atom. The first kappa shape index (κ1) is 16.2. The van der Waals surface area contributed by atoms with Crippen molar-refractivity contribution in [2.75, 3.05) is 18.0 Å². The molecule has 0 amide bonds. The van der Waals surface area contributed by atoms with Crippen molar-refractivity contribution in [2.24, 2.45) is 0 Å². The van der Waals surface area contributed by atoms with Gasteiger partial charge >= 0.3 is 6.18 Å². The van der Waals surface area contributed by atoms with Crippen LogP contribution in [0.1, 0.15) is 33.4 Å². The summed E-state index contributed by atoms with van der Waals surface area (Å²) in [5, 5.41) is 5.48. The van der Waals surface area contributed by atoms with Crippen molar-refractivity contribution in [3.8, 4) is 0 Å².